The summed E-state index contributed by atoms with van der Waals surface area (Å²) in [6.45, 7) is 19.8. The standard InChI is InChI=1S/C21H36O3Si/c1-15-18(16(2)24-25(8,9)20(3,4)5)22-21(6,7)23-19(15)17-13-11-10-12-14-17/h10-16,18-19H,1-9H3/t15-,16-,18-,19-/m0/s1. The van der Waals surface area contributed by atoms with Gasteiger partial charge < -0.3 is 13.9 Å². The molecule has 1 heterocycles. The predicted molar refractivity (Wildman–Crippen MR) is 106 cm³/mol. The summed E-state index contributed by atoms with van der Waals surface area (Å²) in [5, 5.41) is 0.185. The lowest BCUT2D eigenvalue weighted by Crippen LogP contribution is -2.54. The van der Waals surface area contributed by atoms with Gasteiger partial charge in [-0.3, -0.25) is 0 Å². The zero-order valence-electron chi connectivity index (χ0n) is 17.4. The van der Waals surface area contributed by atoms with Gasteiger partial charge in [-0.1, -0.05) is 58.0 Å². The quantitative estimate of drug-likeness (QED) is 0.620. The Hall–Kier alpha value is -0.683. The highest BCUT2D eigenvalue weighted by Gasteiger charge is 2.47. The second-order valence-electron chi connectivity index (χ2n) is 9.37. The van der Waals surface area contributed by atoms with E-state index in [1.165, 1.54) is 5.56 Å². The average Bonchev–Trinajstić information content (AvgIpc) is 2.48. The summed E-state index contributed by atoms with van der Waals surface area (Å²) in [4.78, 5) is 0. The van der Waals surface area contributed by atoms with E-state index in [0.29, 0.717) is 0 Å². The Bertz CT molecular complexity index is 562. The van der Waals surface area contributed by atoms with Crippen molar-refractivity contribution in [2.45, 2.75) is 90.7 Å². The molecule has 0 saturated carbocycles. The number of benzene rings is 1. The minimum atomic E-state index is -1.85. The lowest BCUT2D eigenvalue weighted by molar-refractivity contribution is -0.332. The Morgan fingerprint density at radius 1 is 1.08 bits per heavy atom. The molecule has 142 valence electrons. The van der Waals surface area contributed by atoms with E-state index in [2.05, 4.69) is 72.0 Å². The Labute approximate surface area is 155 Å². The molecule has 1 saturated heterocycles. The van der Waals surface area contributed by atoms with Crippen LogP contribution in [-0.4, -0.2) is 26.3 Å². The molecule has 0 amide bonds. The molecule has 1 aliphatic rings. The third-order valence-electron chi connectivity index (χ3n) is 5.70. The van der Waals surface area contributed by atoms with Crippen molar-refractivity contribution in [3.63, 3.8) is 0 Å². The summed E-state index contributed by atoms with van der Waals surface area (Å²) in [7, 11) is -1.85. The van der Waals surface area contributed by atoms with E-state index < -0.39 is 14.1 Å². The van der Waals surface area contributed by atoms with Crippen LogP contribution < -0.4 is 0 Å². The summed E-state index contributed by atoms with van der Waals surface area (Å²) in [6.07, 6.45) is 0.0498. The maximum absolute atomic E-state index is 6.65. The average molecular weight is 365 g/mol. The molecule has 0 radical (unpaired) electrons. The minimum absolute atomic E-state index is 0.00285. The van der Waals surface area contributed by atoms with Gasteiger partial charge in [-0.15, -0.1) is 0 Å². The highest BCUT2D eigenvalue weighted by Crippen LogP contribution is 2.43. The van der Waals surface area contributed by atoms with Crippen LogP contribution in [0.5, 0.6) is 0 Å². The van der Waals surface area contributed by atoms with Crippen LogP contribution in [0.25, 0.3) is 0 Å². The fraction of sp³-hybridized carbons (Fsp3) is 0.714. The summed E-state index contributed by atoms with van der Waals surface area (Å²) in [5.74, 6) is -0.405. The van der Waals surface area contributed by atoms with Crippen LogP contribution in [0.2, 0.25) is 18.1 Å². The van der Waals surface area contributed by atoms with Crippen molar-refractivity contribution >= 4 is 8.32 Å². The van der Waals surface area contributed by atoms with Crippen molar-refractivity contribution in [2.75, 3.05) is 0 Å². The van der Waals surface area contributed by atoms with E-state index >= 15 is 0 Å². The lowest BCUT2D eigenvalue weighted by Gasteiger charge is -2.49. The van der Waals surface area contributed by atoms with E-state index in [0.717, 1.165) is 0 Å². The lowest BCUT2D eigenvalue weighted by atomic mass is 9.88. The van der Waals surface area contributed by atoms with Crippen LogP contribution in [-0.2, 0) is 13.9 Å². The highest BCUT2D eigenvalue weighted by molar-refractivity contribution is 6.74. The van der Waals surface area contributed by atoms with Crippen molar-refractivity contribution in [3.05, 3.63) is 35.9 Å². The van der Waals surface area contributed by atoms with Crippen molar-refractivity contribution < 1.29 is 13.9 Å². The van der Waals surface area contributed by atoms with Crippen LogP contribution in [0.4, 0.5) is 0 Å². The van der Waals surface area contributed by atoms with Gasteiger partial charge >= 0.3 is 0 Å². The number of hydrogen-bond acceptors (Lipinski definition) is 3. The smallest absolute Gasteiger partial charge is 0.192 e. The van der Waals surface area contributed by atoms with Gasteiger partial charge in [0.05, 0.1) is 18.3 Å². The first-order valence-electron chi connectivity index (χ1n) is 9.42. The first-order valence-corrected chi connectivity index (χ1v) is 12.3. The molecule has 0 unspecified atom stereocenters. The van der Waals surface area contributed by atoms with Gasteiger partial charge in [0.2, 0.25) is 0 Å². The highest BCUT2D eigenvalue weighted by atomic mass is 28.4. The molecule has 4 atom stereocenters. The molecule has 0 bridgehead atoms. The molecule has 0 N–H and O–H groups in total. The number of ether oxygens (including phenoxy) is 2. The topological polar surface area (TPSA) is 27.7 Å². The van der Waals surface area contributed by atoms with Crippen LogP contribution in [0.1, 0.15) is 60.1 Å². The second kappa shape index (κ2) is 7.14. The monoisotopic (exact) mass is 364 g/mol. The Morgan fingerprint density at radius 3 is 2.16 bits per heavy atom. The SMILES string of the molecule is C[C@H]1[C@@H]([C@H](C)O[Si](C)(C)C(C)(C)C)OC(C)(C)O[C@@H]1c1ccccc1. The third kappa shape index (κ3) is 4.73. The molecular formula is C21H36O3Si. The Balaban J connectivity index is 2.24. The fourth-order valence-electron chi connectivity index (χ4n) is 3.29. The van der Waals surface area contributed by atoms with Gasteiger partial charge in [0.25, 0.3) is 0 Å². The molecule has 0 aliphatic carbocycles. The van der Waals surface area contributed by atoms with E-state index in [4.69, 9.17) is 13.9 Å². The molecule has 1 fully saturated rings. The second-order valence-corrected chi connectivity index (χ2v) is 14.1. The van der Waals surface area contributed by atoms with E-state index in [-0.39, 0.29) is 29.3 Å². The Kier molecular flexibility index (Phi) is 5.89. The predicted octanol–water partition coefficient (Wildman–Crippen LogP) is 5.93. The molecule has 2 rings (SSSR count). The molecule has 0 aromatic heterocycles. The largest absolute Gasteiger partial charge is 0.412 e. The van der Waals surface area contributed by atoms with Gasteiger partial charge in [0.1, 0.15) is 0 Å². The molecule has 4 heteroatoms. The maximum Gasteiger partial charge on any atom is 0.192 e. The normalized spacial score (nSPS) is 28.6. The van der Waals surface area contributed by atoms with E-state index in [9.17, 15) is 0 Å². The molecule has 1 aromatic rings. The van der Waals surface area contributed by atoms with Crippen LogP contribution in [0.3, 0.4) is 0 Å². The van der Waals surface area contributed by atoms with Gasteiger partial charge in [0.15, 0.2) is 14.1 Å². The number of rotatable bonds is 4. The van der Waals surface area contributed by atoms with Crippen molar-refractivity contribution in [3.8, 4) is 0 Å². The molecule has 1 aliphatic heterocycles. The summed E-state index contributed by atoms with van der Waals surface area (Å²) >= 11 is 0. The molecule has 25 heavy (non-hydrogen) atoms. The maximum atomic E-state index is 6.65. The summed E-state index contributed by atoms with van der Waals surface area (Å²) in [5.41, 5.74) is 1.20. The van der Waals surface area contributed by atoms with Crippen molar-refractivity contribution in [1.82, 2.24) is 0 Å². The summed E-state index contributed by atoms with van der Waals surface area (Å²) < 4.78 is 19.3. The van der Waals surface area contributed by atoms with Crippen LogP contribution in [0, 0.1) is 5.92 Å². The fourth-order valence-corrected chi connectivity index (χ4v) is 4.71. The third-order valence-corrected chi connectivity index (χ3v) is 10.3. The first-order chi connectivity index (χ1) is 11.3. The molecule has 1 aromatic carbocycles. The van der Waals surface area contributed by atoms with Gasteiger partial charge in [0, 0.05) is 5.92 Å². The van der Waals surface area contributed by atoms with Gasteiger partial charge in [-0.2, -0.15) is 0 Å². The van der Waals surface area contributed by atoms with Crippen LogP contribution in [0.15, 0.2) is 30.3 Å². The van der Waals surface area contributed by atoms with E-state index in [1.807, 2.05) is 19.9 Å². The molecular weight excluding hydrogens is 328 g/mol. The van der Waals surface area contributed by atoms with Crippen LogP contribution >= 0.6 is 0 Å². The minimum Gasteiger partial charge on any atom is -0.412 e. The Morgan fingerprint density at radius 2 is 1.64 bits per heavy atom. The van der Waals surface area contributed by atoms with Crippen molar-refractivity contribution in [1.29, 1.82) is 0 Å². The summed E-state index contributed by atoms with van der Waals surface area (Å²) in [6, 6.07) is 10.5. The van der Waals surface area contributed by atoms with Gasteiger partial charge in [-0.25, -0.2) is 0 Å². The van der Waals surface area contributed by atoms with E-state index in [1.54, 1.807) is 0 Å². The van der Waals surface area contributed by atoms with Crippen molar-refractivity contribution in [2.24, 2.45) is 5.92 Å². The zero-order valence-corrected chi connectivity index (χ0v) is 18.4. The number of hydrogen-bond donors (Lipinski definition) is 0. The first kappa shape index (κ1) is 20.6. The zero-order chi connectivity index (χ0) is 19.0. The molecule has 0 spiro atoms. The van der Waals surface area contributed by atoms with Gasteiger partial charge in [-0.05, 0) is 44.5 Å². The molecule has 3 nitrogen and oxygen atoms in total.